The minimum absolute atomic E-state index is 0.00359. The van der Waals surface area contributed by atoms with Crippen LogP contribution >= 0.6 is 7.14 Å². The number of aromatic nitrogens is 1. The Labute approximate surface area is 181 Å². The third kappa shape index (κ3) is 4.52. The molecule has 0 saturated heterocycles. The second kappa shape index (κ2) is 8.60. The van der Waals surface area contributed by atoms with Crippen LogP contribution in [0.4, 0.5) is 0 Å². The Morgan fingerprint density at radius 2 is 1.77 bits per heavy atom. The lowest BCUT2D eigenvalue weighted by molar-refractivity contribution is 0.0947. The van der Waals surface area contributed by atoms with E-state index in [1.165, 1.54) is 6.07 Å². The molecule has 1 aromatic heterocycles. The Kier molecular flexibility index (Phi) is 6.27. The van der Waals surface area contributed by atoms with Crippen LogP contribution in [-0.2, 0) is 4.57 Å². The van der Waals surface area contributed by atoms with Gasteiger partial charge in [-0.3, -0.25) is 4.79 Å². The lowest BCUT2D eigenvalue weighted by Gasteiger charge is -2.13. The van der Waals surface area contributed by atoms with Gasteiger partial charge in [-0.1, -0.05) is 43.3 Å². The Morgan fingerprint density at radius 1 is 1.13 bits per heavy atom. The molecule has 0 saturated carbocycles. The first-order valence-electron chi connectivity index (χ1n) is 10.0. The topological polar surface area (TPSA) is 113 Å². The summed E-state index contributed by atoms with van der Waals surface area (Å²) in [5.74, 6) is -0.409. The molecule has 0 atom stereocenters. The molecular weight excluding hydrogens is 415 g/mol. The van der Waals surface area contributed by atoms with Crippen molar-refractivity contribution >= 4 is 18.4 Å². The Hall–Kier alpha value is -3.05. The average molecular weight is 442 g/mol. The maximum Gasteiger partial charge on any atom is 0.274 e. The van der Waals surface area contributed by atoms with E-state index in [-0.39, 0.29) is 28.9 Å². The second-order valence-electron chi connectivity index (χ2n) is 8.08. The van der Waals surface area contributed by atoms with Crippen LogP contribution in [0.3, 0.4) is 0 Å². The number of hydrogen-bond donors (Lipinski definition) is 3. The van der Waals surface area contributed by atoms with Gasteiger partial charge in [0.1, 0.15) is 18.6 Å². The molecule has 0 aliphatic heterocycles. The number of benzene rings is 2. The number of nitrogens with zero attached hydrogens (tertiary/aromatic N) is 1. The first-order valence-corrected chi connectivity index (χ1v) is 12.6. The number of hydrogen-bond acceptors (Lipinski definition) is 6. The van der Waals surface area contributed by atoms with Crippen molar-refractivity contribution in [2.75, 3.05) is 19.9 Å². The number of phenols is 2. The SMILES string of the molecule is CCNC(=O)c1noc(-c2cc(C(C)C)c(O)cc2O)c1-c1ccc(P(C)(C)=O)cc1. The molecule has 0 radical (unpaired) electrons. The predicted molar refractivity (Wildman–Crippen MR) is 122 cm³/mol. The van der Waals surface area contributed by atoms with Crippen LogP contribution in [-0.4, -0.2) is 41.2 Å². The monoisotopic (exact) mass is 442 g/mol. The van der Waals surface area contributed by atoms with Gasteiger partial charge in [0.15, 0.2) is 11.5 Å². The molecule has 1 amide bonds. The molecule has 164 valence electrons. The molecule has 8 heteroatoms. The van der Waals surface area contributed by atoms with Crippen LogP contribution < -0.4 is 10.6 Å². The van der Waals surface area contributed by atoms with E-state index < -0.39 is 13.0 Å². The fourth-order valence-corrected chi connectivity index (χ4v) is 4.23. The van der Waals surface area contributed by atoms with Gasteiger partial charge in [-0.2, -0.15) is 0 Å². The summed E-state index contributed by atoms with van der Waals surface area (Å²) in [6.45, 7) is 9.43. The lowest BCUT2D eigenvalue weighted by atomic mass is 9.94. The average Bonchev–Trinajstić information content (AvgIpc) is 3.12. The van der Waals surface area contributed by atoms with Crippen molar-refractivity contribution in [3.8, 4) is 33.9 Å². The van der Waals surface area contributed by atoms with Gasteiger partial charge in [-0.25, -0.2) is 0 Å². The van der Waals surface area contributed by atoms with E-state index in [9.17, 15) is 19.6 Å². The highest BCUT2D eigenvalue weighted by Gasteiger charge is 2.27. The van der Waals surface area contributed by atoms with Crippen LogP contribution in [0.1, 0.15) is 42.7 Å². The van der Waals surface area contributed by atoms with Gasteiger partial charge in [0, 0.05) is 17.9 Å². The van der Waals surface area contributed by atoms with Crippen LogP contribution in [0.25, 0.3) is 22.5 Å². The third-order valence-corrected chi connectivity index (χ3v) is 6.58. The lowest BCUT2D eigenvalue weighted by Crippen LogP contribution is -2.23. The summed E-state index contributed by atoms with van der Waals surface area (Å²) in [6.07, 6.45) is 0. The molecule has 3 aromatic rings. The summed E-state index contributed by atoms with van der Waals surface area (Å²) in [5.41, 5.74) is 2.08. The number of amides is 1. The predicted octanol–water partition coefficient (Wildman–Crippen LogP) is 4.54. The summed E-state index contributed by atoms with van der Waals surface area (Å²) < 4.78 is 17.9. The van der Waals surface area contributed by atoms with E-state index in [2.05, 4.69) is 10.5 Å². The first-order chi connectivity index (χ1) is 14.5. The van der Waals surface area contributed by atoms with Gasteiger partial charge >= 0.3 is 0 Å². The fraction of sp³-hybridized carbons (Fsp3) is 0.304. The van der Waals surface area contributed by atoms with Crippen molar-refractivity contribution in [1.82, 2.24) is 10.5 Å². The minimum Gasteiger partial charge on any atom is -0.508 e. The fourth-order valence-electron chi connectivity index (χ4n) is 3.37. The molecule has 0 unspecified atom stereocenters. The van der Waals surface area contributed by atoms with Crippen molar-refractivity contribution in [2.45, 2.75) is 26.7 Å². The molecule has 3 N–H and O–H groups in total. The van der Waals surface area contributed by atoms with E-state index >= 15 is 0 Å². The van der Waals surface area contributed by atoms with Gasteiger partial charge in [0.05, 0.1) is 11.1 Å². The van der Waals surface area contributed by atoms with Crippen LogP contribution in [0, 0.1) is 0 Å². The van der Waals surface area contributed by atoms with E-state index in [1.54, 1.807) is 50.6 Å². The van der Waals surface area contributed by atoms with E-state index in [4.69, 9.17) is 4.52 Å². The maximum absolute atomic E-state index is 12.6. The van der Waals surface area contributed by atoms with Crippen LogP contribution in [0.5, 0.6) is 11.5 Å². The van der Waals surface area contributed by atoms with E-state index in [1.807, 2.05) is 13.8 Å². The molecule has 0 aliphatic carbocycles. The summed E-state index contributed by atoms with van der Waals surface area (Å²) >= 11 is 0. The van der Waals surface area contributed by atoms with Gasteiger partial charge in [0.25, 0.3) is 5.91 Å². The molecule has 0 bridgehead atoms. The molecule has 0 aliphatic rings. The highest BCUT2D eigenvalue weighted by molar-refractivity contribution is 7.70. The number of carbonyl (C=O) groups is 1. The quantitative estimate of drug-likeness (QED) is 0.483. The zero-order valence-corrected chi connectivity index (χ0v) is 19.2. The van der Waals surface area contributed by atoms with Crippen molar-refractivity contribution in [3.63, 3.8) is 0 Å². The summed E-state index contributed by atoms with van der Waals surface area (Å²) in [6, 6.07) is 9.93. The molecule has 0 fully saturated rings. The molecule has 7 nitrogen and oxygen atoms in total. The maximum atomic E-state index is 12.6. The van der Waals surface area contributed by atoms with E-state index in [0.717, 1.165) is 0 Å². The molecular formula is C23H27N2O5P. The normalized spacial score (nSPS) is 11.7. The van der Waals surface area contributed by atoms with Gasteiger partial charge < -0.3 is 24.6 Å². The number of carbonyl (C=O) groups excluding carboxylic acids is 1. The number of aromatic hydroxyl groups is 2. The first kappa shape index (κ1) is 22.6. The smallest absolute Gasteiger partial charge is 0.274 e. The Morgan fingerprint density at radius 3 is 2.32 bits per heavy atom. The Bertz CT molecular complexity index is 1160. The number of rotatable bonds is 6. The molecule has 0 spiro atoms. The van der Waals surface area contributed by atoms with E-state index in [0.29, 0.717) is 34.1 Å². The van der Waals surface area contributed by atoms with Gasteiger partial charge in [0.2, 0.25) is 0 Å². The standard InChI is InChI=1S/C23H27N2O5P/c1-6-24-23(28)21-20(14-7-9-15(10-8-14)31(4,5)29)22(30-25-21)17-11-16(13(2)3)18(26)12-19(17)27/h7-13,26-27H,6H2,1-5H3,(H,24,28). The number of nitrogens with one attached hydrogen (secondary N) is 1. The molecule has 3 rings (SSSR count). The zero-order chi connectivity index (χ0) is 22.9. The summed E-state index contributed by atoms with van der Waals surface area (Å²) in [7, 11) is -2.44. The van der Waals surface area contributed by atoms with Crippen molar-refractivity contribution in [2.24, 2.45) is 0 Å². The largest absolute Gasteiger partial charge is 0.508 e. The highest BCUT2D eigenvalue weighted by atomic mass is 31.2. The van der Waals surface area contributed by atoms with Crippen molar-refractivity contribution < 1.29 is 24.1 Å². The van der Waals surface area contributed by atoms with Crippen LogP contribution in [0.2, 0.25) is 0 Å². The third-order valence-electron chi connectivity index (χ3n) is 5.03. The van der Waals surface area contributed by atoms with Crippen LogP contribution in [0.15, 0.2) is 40.9 Å². The molecule has 2 aromatic carbocycles. The number of phenolic OH excluding ortho intramolecular Hbond substituents is 2. The molecule has 31 heavy (non-hydrogen) atoms. The second-order valence-corrected chi connectivity index (χ2v) is 11.3. The summed E-state index contributed by atoms with van der Waals surface area (Å²) in [4.78, 5) is 12.6. The minimum atomic E-state index is -2.44. The molecule has 1 heterocycles. The van der Waals surface area contributed by atoms with Crippen molar-refractivity contribution in [1.29, 1.82) is 0 Å². The zero-order valence-electron chi connectivity index (χ0n) is 18.3. The van der Waals surface area contributed by atoms with Gasteiger partial charge in [-0.05, 0) is 43.4 Å². The van der Waals surface area contributed by atoms with Crippen molar-refractivity contribution in [3.05, 3.63) is 47.7 Å². The van der Waals surface area contributed by atoms with Gasteiger partial charge in [-0.15, -0.1) is 0 Å². The highest BCUT2D eigenvalue weighted by Crippen LogP contribution is 2.43. The summed E-state index contributed by atoms with van der Waals surface area (Å²) in [5, 5.41) is 28.1. The Balaban J connectivity index is 2.25.